The van der Waals surface area contributed by atoms with Gasteiger partial charge in [-0.1, -0.05) is 76.4 Å². The normalized spacial score (nSPS) is 11.9. The molecule has 7 nitrogen and oxygen atoms in total. The average molecular weight is 564 g/mol. The van der Waals surface area contributed by atoms with Crippen molar-refractivity contribution in [2.75, 3.05) is 6.54 Å². The first kappa shape index (κ1) is 26.3. The van der Waals surface area contributed by atoms with E-state index in [0.717, 1.165) is 16.8 Å². The molecule has 0 amide bonds. The van der Waals surface area contributed by atoms with E-state index in [2.05, 4.69) is 10.2 Å². The Morgan fingerprint density at radius 1 is 1.00 bits per heavy atom. The van der Waals surface area contributed by atoms with Crippen molar-refractivity contribution in [2.24, 2.45) is 0 Å². The molecule has 3 aromatic carbocycles. The van der Waals surface area contributed by atoms with Gasteiger partial charge in [-0.05, 0) is 61.4 Å². The number of hydrogen-bond donors (Lipinski definition) is 0. The van der Waals surface area contributed by atoms with Crippen molar-refractivity contribution in [3.05, 3.63) is 108 Å². The highest BCUT2D eigenvalue weighted by Crippen LogP contribution is 2.42. The highest BCUT2D eigenvalue weighted by Gasteiger charge is 2.26. The zero-order valence-corrected chi connectivity index (χ0v) is 22.4. The lowest BCUT2D eigenvalue weighted by atomic mass is 10.1. The molecule has 0 bridgehead atoms. The molecule has 0 radical (unpaired) electrons. The molecule has 0 saturated carbocycles. The maximum Gasteiger partial charge on any atom is 0.220 e. The van der Waals surface area contributed by atoms with Gasteiger partial charge in [0.2, 0.25) is 6.54 Å². The Morgan fingerprint density at radius 2 is 1.64 bits per heavy atom. The first-order valence-corrected chi connectivity index (χ1v) is 12.9. The summed E-state index contributed by atoms with van der Waals surface area (Å²) in [5.41, 5.74) is 3.46. The molecule has 0 aliphatic carbocycles. The number of aryl methyl sites for hydroxylation is 2. The van der Waals surface area contributed by atoms with Gasteiger partial charge in [-0.3, -0.25) is 14.7 Å². The van der Waals surface area contributed by atoms with Gasteiger partial charge in [0.1, 0.15) is 17.7 Å². The van der Waals surface area contributed by atoms with Crippen LogP contribution in [-0.2, 0) is 6.61 Å². The van der Waals surface area contributed by atoms with Crippen LogP contribution < -0.4 is 4.74 Å². The molecular weight excluding hydrogens is 543 g/mol. The predicted molar refractivity (Wildman–Crippen MR) is 144 cm³/mol. The first-order valence-electron chi connectivity index (χ1n) is 10.8. The molecule has 0 saturated heterocycles. The molecule has 0 unspecified atom stereocenters. The minimum atomic E-state index is -0.617. The van der Waals surface area contributed by atoms with Gasteiger partial charge in [0, 0.05) is 15.6 Å². The molecule has 0 fully saturated rings. The van der Waals surface area contributed by atoms with Crippen LogP contribution in [0.4, 0.5) is 0 Å². The quantitative estimate of drug-likeness (QED) is 0.119. The maximum absolute atomic E-state index is 11.5. The van der Waals surface area contributed by atoms with Crippen LogP contribution in [0.3, 0.4) is 0 Å². The lowest BCUT2D eigenvalue weighted by Crippen LogP contribution is -2.11. The van der Waals surface area contributed by atoms with E-state index in [1.165, 1.54) is 11.8 Å². The Hall–Kier alpha value is -2.78. The van der Waals surface area contributed by atoms with Gasteiger partial charge in [0.25, 0.3) is 0 Å². The topological polar surface area (TPSA) is 83.1 Å². The molecule has 0 aliphatic rings. The molecule has 1 atom stereocenters. The minimum absolute atomic E-state index is 0.238. The number of thioether (sulfide) groups is 1. The summed E-state index contributed by atoms with van der Waals surface area (Å²) in [4.78, 5) is 11.2. The SMILES string of the molecule is Cc1ccc(-n2c(C)nnc2S[C@@H](C[N+](=O)[O-])c2cc(Cl)c(OCc3ccc(Cl)cc3)c(Cl)c2)cc1. The van der Waals surface area contributed by atoms with Gasteiger partial charge >= 0.3 is 0 Å². The van der Waals surface area contributed by atoms with E-state index >= 15 is 0 Å². The van der Waals surface area contributed by atoms with Crippen LogP contribution >= 0.6 is 46.6 Å². The lowest BCUT2D eigenvalue weighted by molar-refractivity contribution is -0.479. The Bertz CT molecular complexity index is 1360. The predicted octanol–water partition coefficient (Wildman–Crippen LogP) is 7.53. The molecule has 0 aliphatic heterocycles. The highest BCUT2D eigenvalue weighted by molar-refractivity contribution is 7.99. The third-order valence-electron chi connectivity index (χ3n) is 5.34. The molecule has 4 rings (SSSR count). The molecular formula is C25H21Cl3N4O3S. The van der Waals surface area contributed by atoms with Crippen molar-refractivity contribution in [1.82, 2.24) is 14.8 Å². The van der Waals surface area contributed by atoms with E-state index in [1.807, 2.05) is 54.8 Å². The second-order valence-electron chi connectivity index (χ2n) is 8.05. The molecule has 11 heteroatoms. The molecule has 1 aromatic heterocycles. The summed E-state index contributed by atoms with van der Waals surface area (Å²) in [6.45, 7) is 3.71. The summed E-state index contributed by atoms with van der Waals surface area (Å²) >= 11 is 20.2. The van der Waals surface area contributed by atoms with Crippen molar-refractivity contribution < 1.29 is 9.66 Å². The zero-order chi connectivity index (χ0) is 25.8. The number of aromatic nitrogens is 3. The third-order valence-corrected chi connectivity index (χ3v) is 7.33. The summed E-state index contributed by atoms with van der Waals surface area (Å²) in [5.74, 6) is 0.976. The smallest absolute Gasteiger partial charge is 0.220 e. The zero-order valence-electron chi connectivity index (χ0n) is 19.3. The van der Waals surface area contributed by atoms with Crippen molar-refractivity contribution in [2.45, 2.75) is 30.9 Å². The number of rotatable bonds is 9. The fraction of sp³-hybridized carbons (Fsp3) is 0.200. The van der Waals surface area contributed by atoms with Crippen LogP contribution in [0.25, 0.3) is 5.69 Å². The second-order valence-corrected chi connectivity index (χ2v) is 10.5. The van der Waals surface area contributed by atoms with Crippen LogP contribution in [0, 0.1) is 24.0 Å². The largest absolute Gasteiger partial charge is 0.486 e. The van der Waals surface area contributed by atoms with Crippen LogP contribution in [0.1, 0.15) is 27.8 Å². The molecule has 1 heterocycles. The Balaban J connectivity index is 1.61. The number of benzene rings is 3. The Morgan fingerprint density at radius 3 is 2.25 bits per heavy atom. The highest BCUT2D eigenvalue weighted by atomic mass is 35.5. The Labute approximate surface area is 227 Å². The molecule has 36 heavy (non-hydrogen) atoms. The number of ether oxygens (including phenoxy) is 1. The van der Waals surface area contributed by atoms with E-state index < -0.39 is 5.25 Å². The lowest BCUT2D eigenvalue weighted by Gasteiger charge is -2.17. The van der Waals surface area contributed by atoms with Crippen molar-refractivity contribution in [3.8, 4) is 11.4 Å². The van der Waals surface area contributed by atoms with Gasteiger partial charge in [-0.2, -0.15) is 0 Å². The molecule has 186 valence electrons. The summed E-state index contributed by atoms with van der Waals surface area (Å²) in [5, 5.41) is 21.1. The van der Waals surface area contributed by atoms with E-state index in [0.29, 0.717) is 27.3 Å². The monoisotopic (exact) mass is 562 g/mol. The van der Waals surface area contributed by atoms with Gasteiger partial charge in [-0.15, -0.1) is 10.2 Å². The van der Waals surface area contributed by atoms with Gasteiger partial charge in [-0.25, -0.2) is 0 Å². The standard InChI is InChI=1S/C25H21Cl3N4O3S/c1-15-3-9-20(10-4-15)32-16(2)29-30-25(32)36-23(13-31(33)34)18-11-21(27)24(22(28)12-18)35-14-17-5-7-19(26)8-6-17/h3-12,23H,13-14H2,1-2H3/t23-/m0/s1. The summed E-state index contributed by atoms with van der Waals surface area (Å²) in [7, 11) is 0. The minimum Gasteiger partial charge on any atom is -0.486 e. The van der Waals surface area contributed by atoms with Gasteiger partial charge in [0.15, 0.2) is 10.9 Å². The van der Waals surface area contributed by atoms with Gasteiger partial charge in [0.05, 0.1) is 10.0 Å². The Kier molecular flexibility index (Phi) is 8.41. The number of nitrogens with zero attached hydrogens (tertiary/aromatic N) is 4. The summed E-state index contributed by atoms with van der Waals surface area (Å²) < 4.78 is 7.71. The van der Waals surface area contributed by atoms with Crippen molar-refractivity contribution >= 4 is 46.6 Å². The fourth-order valence-electron chi connectivity index (χ4n) is 3.52. The van der Waals surface area contributed by atoms with E-state index in [1.54, 1.807) is 24.3 Å². The van der Waals surface area contributed by atoms with E-state index in [9.17, 15) is 10.1 Å². The summed E-state index contributed by atoms with van der Waals surface area (Å²) in [6, 6.07) is 18.4. The molecule has 4 aromatic rings. The first-order chi connectivity index (χ1) is 17.2. The fourth-order valence-corrected chi connectivity index (χ4v) is 5.42. The maximum atomic E-state index is 11.5. The number of hydrogen-bond acceptors (Lipinski definition) is 6. The van der Waals surface area contributed by atoms with E-state index in [-0.39, 0.29) is 28.1 Å². The van der Waals surface area contributed by atoms with Crippen molar-refractivity contribution in [3.63, 3.8) is 0 Å². The third kappa shape index (κ3) is 6.31. The molecule has 0 spiro atoms. The van der Waals surface area contributed by atoms with Crippen LogP contribution in [-0.4, -0.2) is 26.2 Å². The average Bonchev–Trinajstić information content (AvgIpc) is 3.19. The van der Waals surface area contributed by atoms with Crippen LogP contribution in [0.5, 0.6) is 5.75 Å². The number of nitro groups is 1. The van der Waals surface area contributed by atoms with Crippen LogP contribution in [0.2, 0.25) is 15.1 Å². The van der Waals surface area contributed by atoms with E-state index in [4.69, 9.17) is 39.5 Å². The summed E-state index contributed by atoms with van der Waals surface area (Å²) in [6.07, 6.45) is 0. The number of halogens is 3. The van der Waals surface area contributed by atoms with Crippen molar-refractivity contribution in [1.29, 1.82) is 0 Å². The van der Waals surface area contributed by atoms with Crippen LogP contribution in [0.15, 0.2) is 65.8 Å². The molecule has 0 N–H and O–H groups in total. The van der Waals surface area contributed by atoms with Gasteiger partial charge < -0.3 is 4.74 Å². The second kappa shape index (κ2) is 11.5.